The number of hydrogen-bond donors (Lipinski definition) is 2. The summed E-state index contributed by atoms with van der Waals surface area (Å²) in [6.45, 7) is 2.21. The number of nitrogens with one attached hydrogen (secondary N) is 1. The fourth-order valence-electron chi connectivity index (χ4n) is 1.24. The van der Waals surface area contributed by atoms with Gasteiger partial charge in [0.15, 0.2) is 0 Å². The highest BCUT2D eigenvalue weighted by Gasteiger charge is 2.00. The number of hydrogen-bond acceptors (Lipinski definition) is 3. The van der Waals surface area contributed by atoms with Crippen molar-refractivity contribution in [2.75, 3.05) is 33.8 Å². The highest BCUT2D eigenvalue weighted by atomic mass is 16.2. The predicted octanol–water partition coefficient (Wildman–Crippen LogP) is 0.217. The van der Waals surface area contributed by atoms with Gasteiger partial charge in [-0.05, 0) is 39.4 Å². The van der Waals surface area contributed by atoms with Crippen LogP contribution in [0.2, 0.25) is 0 Å². The van der Waals surface area contributed by atoms with Crippen molar-refractivity contribution in [2.45, 2.75) is 25.7 Å². The molecular weight excluding hydrogens is 180 g/mol. The standard InChI is InChI=1S/C10H22N2O2/c1-11-10(14)6-5-8-12(2)7-3-4-9-13/h13H,3-9H2,1-2H3,(H,11,14). The zero-order valence-electron chi connectivity index (χ0n) is 9.25. The molecule has 0 fully saturated rings. The molecule has 0 aromatic heterocycles. The zero-order chi connectivity index (χ0) is 10.8. The van der Waals surface area contributed by atoms with E-state index in [-0.39, 0.29) is 12.5 Å². The van der Waals surface area contributed by atoms with Crippen LogP contribution in [0.25, 0.3) is 0 Å². The van der Waals surface area contributed by atoms with Gasteiger partial charge in [-0.3, -0.25) is 4.79 Å². The van der Waals surface area contributed by atoms with Gasteiger partial charge >= 0.3 is 0 Å². The Morgan fingerprint density at radius 1 is 1.29 bits per heavy atom. The maximum Gasteiger partial charge on any atom is 0.219 e. The Kier molecular flexibility index (Phi) is 8.57. The van der Waals surface area contributed by atoms with Gasteiger partial charge in [-0.15, -0.1) is 0 Å². The van der Waals surface area contributed by atoms with Gasteiger partial charge in [0.05, 0.1) is 0 Å². The molecule has 1 amide bonds. The van der Waals surface area contributed by atoms with Crippen LogP contribution < -0.4 is 5.32 Å². The Morgan fingerprint density at radius 2 is 1.93 bits per heavy atom. The predicted molar refractivity (Wildman–Crippen MR) is 57.1 cm³/mol. The second kappa shape index (κ2) is 8.97. The summed E-state index contributed by atoms with van der Waals surface area (Å²) in [6.07, 6.45) is 3.38. The quantitative estimate of drug-likeness (QED) is 0.553. The molecule has 84 valence electrons. The molecule has 0 spiro atoms. The lowest BCUT2D eigenvalue weighted by Gasteiger charge is -2.15. The summed E-state index contributed by atoms with van der Waals surface area (Å²) in [5, 5.41) is 11.2. The minimum Gasteiger partial charge on any atom is -0.396 e. The molecule has 0 heterocycles. The second-order valence-corrected chi connectivity index (χ2v) is 3.51. The van der Waals surface area contributed by atoms with Gasteiger partial charge in [0.1, 0.15) is 0 Å². The minimum absolute atomic E-state index is 0.105. The molecule has 0 aliphatic rings. The van der Waals surface area contributed by atoms with Crippen molar-refractivity contribution in [1.29, 1.82) is 0 Å². The van der Waals surface area contributed by atoms with E-state index in [0.29, 0.717) is 6.42 Å². The summed E-state index contributed by atoms with van der Waals surface area (Å²) in [7, 11) is 3.70. The molecule has 0 saturated heterocycles. The summed E-state index contributed by atoms with van der Waals surface area (Å²) in [4.78, 5) is 13.1. The number of nitrogens with zero attached hydrogens (tertiary/aromatic N) is 1. The molecule has 0 unspecified atom stereocenters. The number of aliphatic hydroxyl groups excluding tert-OH is 1. The molecule has 2 N–H and O–H groups in total. The van der Waals surface area contributed by atoms with E-state index in [0.717, 1.165) is 32.4 Å². The number of aliphatic hydroxyl groups is 1. The van der Waals surface area contributed by atoms with Crippen LogP contribution in [0.4, 0.5) is 0 Å². The van der Waals surface area contributed by atoms with Crippen LogP contribution in [0.1, 0.15) is 25.7 Å². The van der Waals surface area contributed by atoms with Crippen LogP contribution in [0.15, 0.2) is 0 Å². The fourth-order valence-corrected chi connectivity index (χ4v) is 1.24. The first kappa shape index (κ1) is 13.4. The summed E-state index contributed by atoms with van der Waals surface area (Å²) in [5.74, 6) is 0.105. The number of rotatable bonds is 8. The van der Waals surface area contributed by atoms with E-state index in [1.165, 1.54) is 0 Å². The van der Waals surface area contributed by atoms with E-state index in [1.54, 1.807) is 7.05 Å². The normalized spacial score (nSPS) is 10.6. The van der Waals surface area contributed by atoms with Gasteiger partial charge in [0.25, 0.3) is 0 Å². The van der Waals surface area contributed by atoms with Crippen molar-refractivity contribution in [3.63, 3.8) is 0 Å². The SMILES string of the molecule is CNC(=O)CCCN(C)CCCCO. The first-order valence-electron chi connectivity index (χ1n) is 5.20. The Morgan fingerprint density at radius 3 is 2.50 bits per heavy atom. The maximum atomic E-state index is 10.9. The van der Waals surface area contributed by atoms with Crippen molar-refractivity contribution < 1.29 is 9.90 Å². The van der Waals surface area contributed by atoms with Gasteiger partial charge in [-0.1, -0.05) is 0 Å². The van der Waals surface area contributed by atoms with Gasteiger partial charge < -0.3 is 15.3 Å². The smallest absolute Gasteiger partial charge is 0.219 e. The lowest BCUT2D eigenvalue weighted by Crippen LogP contribution is -2.24. The average Bonchev–Trinajstić information content (AvgIpc) is 2.18. The highest BCUT2D eigenvalue weighted by molar-refractivity contribution is 5.75. The van der Waals surface area contributed by atoms with Crippen LogP contribution in [-0.4, -0.2) is 49.7 Å². The average molecular weight is 202 g/mol. The minimum atomic E-state index is 0.105. The highest BCUT2D eigenvalue weighted by Crippen LogP contribution is 1.96. The van der Waals surface area contributed by atoms with Crippen molar-refractivity contribution in [3.8, 4) is 0 Å². The third kappa shape index (κ3) is 8.01. The van der Waals surface area contributed by atoms with Crippen molar-refractivity contribution >= 4 is 5.91 Å². The van der Waals surface area contributed by atoms with E-state index in [1.807, 2.05) is 7.05 Å². The van der Waals surface area contributed by atoms with Crippen LogP contribution in [0.5, 0.6) is 0 Å². The van der Waals surface area contributed by atoms with E-state index in [9.17, 15) is 4.79 Å². The molecule has 0 aromatic rings. The fraction of sp³-hybridized carbons (Fsp3) is 0.900. The zero-order valence-corrected chi connectivity index (χ0v) is 9.25. The van der Waals surface area contributed by atoms with Gasteiger partial charge in [-0.25, -0.2) is 0 Å². The Labute approximate surface area is 86.3 Å². The maximum absolute atomic E-state index is 10.9. The molecule has 0 rings (SSSR count). The molecule has 14 heavy (non-hydrogen) atoms. The number of carbonyl (C=O) groups is 1. The van der Waals surface area contributed by atoms with Crippen LogP contribution in [0.3, 0.4) is 0 Å². The molecule has 4 nitrogen and oxygen atoms in total. The summed E-state index contributed by atoms with van der Waals surface area (Å²) < 4.78 is 0. The van der Waals surface area contributed by atoms with Crippen molar-refractivity contribution in [2.24, 2.45) is 0 Å². The Bertz CT molecular complexity index is 151. The van der Waals surface area contributed by atoms with Gasteiger partial charge in [-0.2, -0.15) is 0 Å². The molecule has 0 aromatic carbocycles. The van der Waals surface area contributed by atoms with Gasteiger partial charge in [0, 0.05) is 20.1 Å². The first-order valence-corrected chi connectivity index (χ1v) is 5.20. The molecule has 0 aliphatic heterocycles. The molecule has 0 bridgehead atoms. The van der Waals surface area contributed by atoms with E-state index < -0.39 is 0 Å². The van der Waals surface area contributed by atoms with Crippen LogP contribution in [-0.2, 0) is 4.79 Å². The molecule has 4 heteroatoms. The second-order valence-electron chi connectivity index (χ2n) is 3.51. The molecule has 0 aliphatic carbocycles. The van der Waals surface area contributed by atoms with Crippen molar-refractivity contribution in [3.05, 3.63) is 0 Å². The lowest BCUT2D eigenvalue weighted by molar-refractivity contribution is -0.120. The number of amides is 1. The molecular formula is C10H22N2O2. The Balaban J connectivity index is 3.26. The summed E-state index contributed by atoms with van der Waals surface area (Å²) >= 11 is 0. The molecule has 0 atom stereocenters. The van der Waals surface area contributed by atoms with E-state index in [2.05, 4.69) is 10.2 Å². The third-order valence-corrected chi connectivity index (χ3v) is 2.17. The van der Waals surface area contributed by atoms with Crippen LogP contribution >= 0.6 is 0 Å². The van der Waals surface area contributed by atoms with Gasteiger partial charge in [0.2, 0.25) is 5.91 Å². The number of carbonyl (C=O) groups excluding carboxylic acids is 1. The lowest BCUT2D eigenvalue weighted by atomic mass is 10.2. The van der Waals surface area contributed by atoms with Crippen molar-refractivity contribution in [1.82, 2.24) is 10.2 Å². The largest absolute Gasteiger partial charge is 0.396 e. The number of unbranched alkanes of at least 4 members (excludes halogenated alkanes) is 1. The topological polar surface area (TPSA) is 52.6 Å². The molecule has 0 saturated carbocycles. The van der Waals surface area contributed by atoms with E-state index in [4.69, 9.17) is 5.11 Å². The van der Waals surface area contributed by atoms with Crippen LogP contribution in [0, 0.1) is 0 Å². The molecule has 0 radical (unpaired) electrons. The Hall–Kier alpha value is -0.610. The third-order valence-electron chi connectivity index (χ3n) is 2.17. The summed E-state index contributed by atoms with van der Waals surface area (Å²) in [6, 6.07) is 0. The van der Waals surface area contributed by atoms with E-state index >= 15 is 0 Å². The summed E-state index contributed by atoms with van der Waals surface area (Å²) in [5.41, 5.74) is 0. The monoisotopic (exact) mass is 202 g/mol. The first-order chi connectivity index (χ1) is 6.70.